The van der Waals surface area contributed by atoms with Gasteiger partial charge in [0.05, 0.1) is 11.9 Å². The molecule has 0 saturated heterocycles. The van der Waals surface area contributed by atoms with E-state index in [4.69, 9.17) is 10.7 Å². The molecule has 4 N–H and O–H groups in total. The number of phenols is 1. The molecule has 4 rings (SSSR count). The van der Waals surface area contributed by atoms with E-state index in [1.165, 1.54) is 0 Å². The number of carbonyl (C=O) groups is 1. The van der Waals surface area contributed by atoms with Crippen LogP contribution in [0.25, 0.3) is 33.3 Å². The molecule has 32 heavy (non-hydrogen) atoms. The summed E-state index contributed by atoms with van der Waals surface area (Å²) in [7, 11) is 3.92. The van der Waals surface area contributed by atoms with Crippen molar-refractivity contribution in [3.8, 4) is 28.3 Å². The number of likely N-dealkylation sites (N-methyl/N-ethyl adjacent to an activating group) is 1. The van der Waals surface area contributed by atoms with E-state index in [1.54, 1.807) is 30.5 Å². The van der Waals surface area contributed by atoms with Crippen LogP contribution >= 0.6 is 0 Å². The van der Waals surface area contributed by atoms with Gasteiger partial charge in [-0.2, -0.15) is 0 Å². The molecule has 7 heteroatoms. The van der Waals surface area contributed by atoms with Crippen molar-refractivity contribution in [3.05, 3.63) is 72.4 Å². The molecule has 0 aliphatic carbocycles. The third kappa shape index (κ3) is 4.68. The molecule has 0 aliphatic heterocycles. The Kier molecular flexibility index (Phi) is 6.00. The van der Waals surface area contributed by atoms with Crippen molar-refractivity contribution in [3.63, 3.8) is 0 Å². The molecule has 162 valence electrons. The molecule has 0 unspecified atom stereocenters. The molecule has 1 amide bonds. The third-order valence-electron chi connectivity index (χ3n) is 5.16. The molecule has 4 aromatic rings. The van der Waals surface area contributed by atoms with Crippen molar-refractivity contribution in [1.29, 1.82) is 0 Å². The van der Waals surface area contributed by atoms with Gasteiger partial charge in [-0.3, -0.25) is 4.79 Å². The largest absolute Gasteiger partial charge is 0.508 e. The lowest BCUT2D eigenvalue weighted by molar-refractivity contribution is 0.0951. The summed E-state index contributed by atoms with van der Waals surface area (Å²) < 4.78 is 0. The molecule has 0 fully saturated rings. The first-order valence-corrected chi connectivity index (χ1v) is 10.3. The van der Waals surface area contributed by atoms with Crippen LogP contribution in [0.3, 0.4) is 0 Å². The van der Waals surface area contributed by atoms with E-state index >= 15 is 0 Å². The molecule has 0 spiro atoms. The number of nitrogens with zero attached hydrogens (tertiary/aromatic N) is 3. The maximum atomic E-state index is 12.5. The van der Waals surface area contributed by atoms with Crippen LogP contribution in [0.2, 0.25) is 0 Å². The first-order chi connectivity index (χ1) is 15.4. The van der Waals surface area contributed by atoms with Gasteiger partial charge in [-0.05, 0) is 55.2 Å². The minimum atomic E-state index is -0.130. The Bertz CT molecular complexity index is 1290. The van der Waals surface area contributed by atoms with Crippen LogP contribution in [-0.4, -0.2) is 53.1 Å². The summed E-state index contributed by atoms with van der Waals surface area (Å²) >= 11 is 0. The Hall–Kier alpha value is -3.97. The van der Waals surface area contributed by atoms with Gasteiger partial charge in [0.15, 0.2) is 0 Å². The molecule has 0 bridgehead atoms. The van der Waals surface area contributed by atoms with Gasteiger partial charge in [0.25, 0.3) is 5.91 Å². The summed E-state index contributed by atoms with van der Waals surface area (Å²) in [5.74, 6) is 0.414. The number of amides is 1. The van der Waals surface area contributed by atoms with E-state index in [9.17, 15) is 9.90 Å². The summed E-state index contributed by atoms with van der Waals surface area (Å²) in [6, 6.07) is 18.3. The lowest BCUT2D eigenvalue weighted by Gasteiger charge is -2.11. The SMILES string of the molecule is CN(C)CCNC(=O)c1cccc(-c2cnc(N)c(-c3ccc4cc(O)ccc4c3)n2)c1. The van der Waals surface area contributed by atoms with Crippen molar-refractivity contribution < 1.29 is 9.90 Å². The van der Waals surface area contributed by atoms with Gasteiger partial charge >= 0.3 is 0 Å². The monoisotopic (exact) mass is 427 g/mol. The number of carbonyl (C=O) groups excluding carboxylic acids is 1. The second-order valence-electron chi connectivity index (χ2n) is 7.88. The van der Waals surface area contributed by atoms with Gasteiger partial charge in [0.2, 0.25) is 0 Å². The van der Waals surface area contributed by atoms with Crippen LogP contribution in [0.15, 0.2) is 66.9 Å². The van der Waals surface area contributed by atoms with Crippen LogP contribution in [-0.2, 0) is 0 Å². The maximum absolute atomic E-state index is 12.5. The van der Waals surface area contributed by atoms with Gasteiger partial charge in [0.1, 0.15) is 17.3 Å². The second-order valence-corrected chi connectivity index (χ2v) is 7.88. The first kappa shape index (κ1) is 21.3. The molecule has 1 heterocycles. The highest BCUT2D eigenvalue weighted by atomic mass is 16.3. The second kappa shape index (κ2) is 9.03. The number of nitrogen functional groups attached to an aromatic ring is 1. The van der Waals surface area contributed by atoms with E-state index in [2.05, 4.69) is 10.3 Å². The summed E-state index contributed by atoms with van der Waals surface area (Å²) in [6.45, 7) is 1.34. The smallest absolute Gasteiger partial charge is 0.251 e. The molecule has 0 saturated carbocycles. The van der Waals surface area contributed by atoms with Crippen molar-refractivity contribution >= 4 is 22.5 Å². The molecule has 1 aromatic heterocycles. The zero-order valence-electron chi connectivity index (χ0n) is 18.0. The van der Waals surface area contributed by atoms with E-state index in [0.717, 1.165) is 28.4 Å². The van der Waals surface area contributed by atoms with Crippen molar-refractivity contribution in [2.45, 2.75) is 0 Å². The number of nitrogens with two attached hydrogens (primary N) is 1. The van der Waals surface area contributed by atoms with Crippen LogP contribution in [0.1, 0.15) is 10.4 Å². The number of fused-ring (bicyclic) bond motifs is 1. The number of aromatic hydroxyl groups is 1. The summed E-state index contributed by atoms with van der Waals surface area (Å²) in [5.41, 5.74) is 9.51. The third-order valence-corrected chi connectivity index (χ3v) is 5.16. The van der Waals surface area contributed by atoms with Crippen LogP contribution in [0, 0.1) is 0 Å². The van der Waals surface area contributed by atoms with Crippen LogP contribution < -0.4 is 11.1 Å². The van der Waals surface area contributed by atoms with E-state index in [-0.39, 0.29) is 11.7 Å². The van der Waals surface area contributed by atoms with E-state index in [0.29, 0.717) is 29.3 Å². The van der Waals surface area contributed by atoms with Gasteiger partial charge in [-0.1, -0.05) is 30.3 Å². The number of hydrogen-bond donors (Lipinski definition) is 3. The minimum Gasteiger partial charge on any atom is -0.508 e. The molecule has 7 nitrogen and oxygen atoms in total. The summed E-state index contributed by atoms with van der Waals surface area (Å²) in [4.78, 5) is 23.6. The fraction of sp³-hybridized carbons (Fsp3) is 0.160. The zero-order chi connectivity index (χ0) is 22.7. The first-order valence-electron chi connectivity index (χ1n) is 10.3. The Morgan fingerprint density at radius 2 is 1.81 bits per heavy atom. The number of anilines is 1. The van der Waals surface area contributed by atoms with Crippen molar-refractivity contribution in [2.75, 3.05) is 32.9 Å². The summed E-state index contributed by atoms with van der Waals surface area (Å²) in [5, 5.41) is 14.5. The maximum Gasteiger partial charge on any atom is 0.251 e. The van der Waals surface area contributed by atoms with E-state index in [1.807, 2.05) is 55.4 Å². The molecule has 0 radical (unpaired) electrons. The summed E-state index contributed by atoms with van der Waals surface area (Å²) in [6.07, 6.45) is 1.61. The molecular formula is C25H25N5O2. The zero-order valence-corrected chi connectivity index (χ0v) is 18.0. The highest BCUT2D eigenvalue weighted by Gasteiger charge is 2.12. The van der Waals surface area contributed by atoms with E-state index < -0.39 is 0 Å². The molecule has 0 atom stereocenters. The molecule has 0 aliphatic rings. The normalized spacial score (nSPS) is 11.1. The average Bonchev–Trinajstić information content (AvgIpc) is 2.79. The number of aromatic nitrogens is 2. The highest BCUT2D eigenvalue weighted by Crippen LogP contribution is 2.30. The minimum absolute atomic E-state index is 0.130. The standard InChI is InChI=1S/C25H25N5O2/c1-30(2)11-10-27-25(32)20-5-3-4-18(13-20)22-15-28-24(26)23(29-22)19-7-6-17-14-21(31)9-8-16(17)12-19/h3-9,12-15,31H,10-11H2,1-2H3,(H2,26,28)(H,27,32). The average molecular weight is 428 g/mol. The molecular weight excluding hydrogens is 402 g/mol. The quantitative estimate of drug-likeness (QED) is 0.435. The number of hydrogen-bond acceptors (Lipinski definition) is 6. The topological polar surface area (TPSA) is 104 Å². The number of benzene rings is 3. The lowest BCUT2D eigenvalue weighted by atomic mass is 10.0. The number of nitrogens with one attached hydrogen (secondary N) is 1. The van der Waals surface area contributed by atoms with Crippen LogP contribution in [0.5, 0.6) is 5.75 Å². The predicted molar refractivity (Wildman–Crippen MR) is 127 cm³/mol. The van der Waals surface area contributed by atoms with Gasteiger partial charge in [-0.25, -0.2) is 9.97 Å². The molecule has 3 aromatic carbocycles. The fourth-order valence-electron chi connectivity index (χ4n) is 3.45. The lowest BCUT2D eigenvalue weighted by Crippen LogP contribution is -2.31. The van der Waals surface area contributed by atoms with Gasteiger partial charge < -0.3 is 21.1 Å². The number of phenolic OH excluding ortho intramolecular Hbond substituents is 1. The number of rotatable bonds is 6. The van der Waals surface area contributed by atoms with Crippen molar-refractivity contribution in [1.82, 2.24) is 20.2 Å². The Morgan fingerprint density at radius 1 is 1.03 bits per heavy atom. The Morgan fingerprint density at radius 3 is 2.62 bits per heavy atom. The predicted octanol–water partition coefficient (Wildman–Crippen LogP) is 3.54. The van der Waals surface area contributed by atoms with Crippen LogP contribution in [0.4, 0.5) is 5.82 Å². The fourth-order valence-corrected chi connectivity index (χ4v) is 3.45. The Balaban J connectivity index is 1.64. The van der Waals surface area contributed by atoms with Gasteiger partial charge in [0, 0.05) is 29.8 Å². The van der Waals surface area contributed by atoms with Gasteiger partial charge in [-0.15, -0.1) is 0 Å². The Labute approximate surface area is 186 Å². The highest BCUT2D eigenvalue weighted by molar-refractivity contribution is 5.95. The van der Waals surface area contributed by atoms with Crippen molar-refractivity contribution in [2.24, 2.45) is 0 Å².